The molecule has 2 aromatic carbocycles. The fourth-order valence-electron chi connectivity index (χ4n) is 22.7. The zero-order valence-corrected chi connectivity index (χ0v) is 56.1. The van der Waals surface area contributed by atoms with Crippen molar-refractivity contribution in [3.63, 3.8) is 0 Å². The van der Waals surface area contributed by atoms with Gasteiger partial charge in [0, 0.05) is 93.6 Å². The third-order valence-corrected chi connectivity index (χ3v) is 26.1. The fourth-order valence-corrected chi connectivity index (χ4v) is 22.7. The molecule has 488 valence electrons. The molecule has 2 saturated heterocycles. The summed E-state index contributed by atoms with van der Waals surface area (Å²) in [6, 6.07) is 0. The van der Waals surface area contributed by atoms with Crippen molar-refractivity contribution < 1.29 is 76.9 Å². The Bertz CT molecular complexity index is 3730. The highest BCUT2D eigenvalue weighted by molar-refractivity contribution is 6.20. The summed E-state index contributed by atoms with van der Waals surface area (Å²) in [5, 5.41) is 24.5. The van der Waals surface area contributed by atoms with Gasteiger partial charge in [-0.15, -0.1) is 0 Å². The number of ketones is 4. The van der Waals surface area contributed by atoms with E-state index in [4.69, 9.17) is 37.9 Å². The molecular weight excluding hydrogens is 1170 g/mol. The quantitative estimate of drug-likeness (QED) is 0.115. The summed E-state index contributed by atoms with van der Waals surface area (Å²) in [6.07, 6.45) is 17.0. The number of ether oxygens (including phenoxy) is 8. The highest BCUT2D eigenvalue weighted by Gasteiger charge is 2.84. The molecule has 16 atom stereocenters. The Morgan fingerprint density at radius 2 is 0.902 bits per heavy atom. The summed E-state index contributed by atoms with van der Waals surface area (Å²) >= 11 is 0. The minimum Gasteiger partial charge on any atom is -0.507 e. The van der Waals surface area contributed by atoms with Crippen LogP contribution in [0.5, 0.6) is 34.5 Å². The van der Waals surface area contributed by atoms with Gasteiger partial charge in [0.2, 0.25) is 0 Å². The molecule has 8 saturated carbocycles. The van der Waals surface area contributed by atoms with Gasteiger partial charge in [-0.05, 0) is 169 Å². The Balaban J connectivity index is 0.000000153. The number of fused-ring (bicyclic) bond motifs is 6. The van der Waals surface area contributed by atoms with Crippen LogP contribution in [0.4, 0.5) is 0 Å². The first-order chi connectivity index (χ1) is 43.1. The van der Waals surface area contributed by atoms with Crippen molar-refractivity contribution >= 4 is 36.1 Å². The van der Waals surface area contributed by atoms with Crippen molar-refractivity contribution in [2.45, 2.75) is 232 Å². The van der Waals surface area contributed by atoms with E-state index >= 15 is 0 Å². The molecule has 16 bridgehead atoms. The summed E-state index contributed by atoms with van der Waals surface area (Å²) in [5.74, 6) is 1.18. The van der Waals surface area contributed by atoms with Gasteiger partial charge in [-0.3, -0.25) is 28.8 Å². The Morgan fingerprint density at radius 1 is 0.533 bits per heavy atom. The van der Waals surface area contributed by atoms with Gasteiger partial charge in [-0.1, -0.05) is 63.1 Å². The van der Waals surface area contributed by atoms with Crippen LogP contribution < -0.4 is 18.9 Å². The highest BCUT2D eigenvalue weighted by Crippen LogP contribution is 2.79. The second-order valence-corrected chi connectivity index (χ2v) is 32.8. The van der Waals surface area contributed by atoms with Crippen molar-refractivity contribution in [2.75, 3.05) is 0 Å². The number of phenols is 2. The number of rotatable bonds is 12. The van der Waals surface area contributed by atoms with Crippen LogP contribution >= 0.6 is 0 Å². The maximum absolute atomic E-state index is 15.0. The molecule has 18 aliphatic rings. The molecule has 10 fully saturated rings. The molecule has 0 radical (unpaired) electrons. The monoisotopic (exact) mass is 1260 g/mol. The van der Waals surface area contributed by atoms with Crippen LogP contribution in [0.15, 0.2) is 70.3 Å². The SMILES string of the molecule is CC(C)=CCc1c2c(c(O)c3c1O[C@@]1(C)CCC4C3C1C4(C)C)C(=O)C1=CC3CC4C(C)(C)O[C@](C/C=C(/C)OC=O)(C3=O)[C@@]14O2.CC(C)=CCc1c2c(c(O)c3c1O[C@]1(C)CCC4C3C1C4(C)C)C(=O)C1=CC3CC4C(C)(C)O[C@](C/C=C(/C)OC=O)(C3=O)[C@@]14O2. The van der Waals surface area contributed by atoms with Gasteiger partial charge in [0.15, 0.2) is 45.5 Å². The summed E-state index contributed by atoms with van der Waals surface area (Å²) in [6.45, 7) is 33.5. The Labute approximate surface area is 538 Å². The maximum atomic E-state index is 15.0. The predicted octanol–water partition coefficient (Wildman–Crippen LogP) is 13.4. The second kappa shape index (κ2) is 19.0. The third-order valence-electron chi connectivity index (χ3n) is 26.1. The number of benzene rings is 2. The molecule has 16 heteroatoms. The van der Waals surface area contributed by atoms with E-state index in [1.54, 1.807) is 38.2 Å². The van der Waals surface area contributed by atoms with Crippen LogP contribution in [0, 0.1) is 58.2 Å². The van der Waals surface area contributed by atoms with Crippen LogP contribution in [-0.2, 0) is 51.0 Å². The van der Waals surface area contributed by atoms with Gasteiger partial charge >= 0.3 is 0 Å². The molecule has 2 N–H and O–H groups in total. The molecular formula is C76H88O16. The molecule has 16 nitrogen and oxygen atoms in total. The lowest BCUT2D eigenvalue weighted by Crippen LogP contribution is -2.72. The molecule has 6 aliphatic heterocycles. The molecule has 2 spiro atoms. The van der Waals surface area contributed by atoms with E-state index in [-0.39, 0.29) is 105 Å². The topological polar surface area (TPSA) is 217 Å². The molecule has 20 rings (SSSR count). The molecule has 0 amide bonds. The zero-order chi connectivity index (χ0) is 65.9. The molecule has 2 aromatic rings. The highest BCUT2D eigenvalue weighted by atomic mass is 16.6. The van der Waals surface area contributed by atoms with Gasteiger partial charge in [-0.2, -0.15) is 0 Å². The van der Waals surface area contributed by atoms with E-state index in [9.17, 15) is 39.0 Å². The predicted molar refractivity (Wildman–Crippen MR) is 338 cm³/mol. The average molecular weight is 1260 g/mol. The molecule has 92 heavy (non-hydrogen) atoms. The minimum absolute atomic E-state index is 0.0457. The second-order valence-electron chi connectivity index (χ2n) is 32.8. The van der Waals surface area contributed by atoms with E-state index in [0.29, 0.717) is 96.1 Å². The van der Waals surface area contributed by atoms with Gasteiger partial charge < -0.3 is 48.1 Å². The van der Waals surface area contributed by atoms with Crippen molar-refractivity contribution in [1.82, 2.24) is 0 Å². The fraction of sp³-hybridized carbons (Fsp3) is 0.605. The number of hydrogen-bond acceptors (Lipinski definition) is 16. The van der Waals surface area contributed by atoms with E-state index < -0.39 is 56.6 Å². The van der Waals surface area contributed by atoms with E-state index in [1.165, 1.54) is 0 Å². The smallest absolute Gasteiger partial charge is 0.298 e. The largest absolute Gasteiger partial charge is 0.507 e. The van der Waals surface area contributed by atoms with Crippen molar-refractivity contribution in [2.24, 2.45) is 58.2 Å². The van der Waals surface area contributed by atoms with Crippen LogP contribution in [-0.4, -0.2) is 91.1 Å². The molecule has 0 aromatic heterocycles. The number of aromatic hydroxyl groups is 2. The Hall–Kier alpha value is -6.78. The number of hydrogen-bond donors (Lipinski definition) is 2. The van der Waals surface area contributed by atoms with Gasteiger partial charge in [0.25, 0.3) is 12.9 Å². The van der Waals surface area contributed by atoms with Gasteiger partial charge in [0.05, 0.1) is 11.2 Å². The first-order valence-electron chi connectivity index (χ1n) is 33.5. The average Bonchev–Trinajstić information content (AvgIpc) is 1.26. The summed E-state index contributed by atoms with van der Waals surface area (Å²) < 4.78 is 52.4. The van der Waals surface area contributed by atoms with Crippen LogP contribution in [0.25, 0.3) is 0 Å². The lowest BCUT2D eigenvalue weighted by Gasteiger charge is -2.70. The van der Waals surface area contributed by atoms with Crippen molar-refractivity contribution in [1.29, 1.82) is 0 Å². The maximum Gasteiger partial charge on any atom is 0.298 e. The van der Waals surface area contributed by atoms with Crippen LogP contribution in [0.1, 0.15) is 217 Å². The van der Waals surface area contributed by atoms with Crippen LogP contribution in [0.2, 0.25) is 0 Å². The minimum atomic E-state index is -1.52. The molecule has 6 heterocycles. The standard InChI is InChI=1S/2C38H44O8/c2*1-18(2)9-10-21-30-26(25-22-12-13-36(8,44-30)32(25)34(22,4)5)29(41)27-28(40)23-15-20-16-24-35(6,7)46-37(33(20)42,14-11-19(3)43-17-39)38(23,24)45-31(21)27/h2*9,11,15,17,20,22,24-25,32,41H,10,12-14,16H2,1-8H3/b2*19-11-/t20?,22?,24?,25?,32?,36-,37+,38+;20?,22?,24?,25?,32?,36-,37-,38-/m01/s1. The number of Topliss-reactive ketones (excluding diaryl/α,β-unsaturated/α-hetero) is 4. The van der Waals surface area contributed by atoms with Gasteiger partial charge in [0.1, 0.15) is 68.3 Å². The summed E-state index contributed by atoms with van der Waals surface area (Å²) in [5.41, 5.74) is -1.95. The Kier molecular flexibility index (Phi) is 12.7. The first kappa shape index (κ1) is 61.4. The first-order valence-corrected chi connectivity index (χ1v) is 33.5. The lowest BCUT2D eigenvalue weighted by molar-refractivity contribution is -0.214. The number of carbonyl (C=O) groups excluding carboxylic acids is 6. The number of allylic oxidation sites excluding steroid dienone is 8. The molecule has 10 unspecified atom stereocenters. The van der Waals surface area contributed by atoms with E-state index in [2.05, 4.69) is 53.7 Å². The van der Waals surface area contributed by atoms with Gasteiger partial charge in [-0.25, -0.2) is 0 Å². The third kappa shape index (κ3) is 7.22. The van der Waals surface area contributed by atoms with Crippen molar-refractivity contribution in [3.8, 4) is 34.5 Å². The van der Waals surface area contributed by atoms with E-state index in [0.717, 1.165) is 59.1 Å². The normalized spacial score (nSPS) is 39.5. The van der Waals surface area contributed by atoms with Crippen LogP contribution in [0.3, 0.4) is 0 Å². The van der Waals surface area contributed by atoms with Crippen molar-refractivity contribution in [3.05, 3.63) is 104 Å². The Morgan fingerprint density at radius 3 is 1.24 bits per heavy atom. The zero-order valence-electron chi connectivity index (χ0n) is 56.1. The number of carbonyl (C=O) groups is 6. The number of phenolic OH excluding ortho intramolecular Hbond substituents is 2. The summed E-state index contributed by atoms with van der Waals surface area (Å²) in [7, 11) is 0. The molecule has 12 aliphatic carbocycles. The summed E-state index contributed by atoms with van der Waals surface area (Å²) in [4.78, 5) is 80.9. The van der Waals surface area contributed by atoms with E-state index in [1.807, 2.05) is 55.4 Å². The lowest BCUT2D eigenvalue weighted by atomic mass is 9.37.